The highest BCUT2D eigenvalue weighted by Gasteiger charge is 2.33. The van der Waals surface area contributed by atoms with Gasteiger partial charge in [0.2, 0.25) is 0 Å². The standard InChI is InChI=1S/C11H17N3O3/c1-3-14-10(9(17-2)6-12-14)7-4-5-8(13-7)11(15)16/h6-8,13H,3-5H2,1-2H3,(H,15,16). The second kappa shape index (κ2) is 4.75. The van der Waals surface area contributed by atoms with Gasteiger partial charge in [0.25, 0.3) is 0 Å². The topological polar surface area (TPSA) is 76.4 Å². The lowest BCUT2D eigenvalue weighted by atomic mass is 10.1. The normalized spacial score (nSPS) is 23.9. The summed E-state index contributed by atoms with van der Waals surface area (Å²) in [5, 5.41) is 16.3. The van der Waals surface area contributed by atoms with Crippen LogP contribution in [0.2, 0.25) is 0 Å². The first-order chi connectivity index (χ1) is 8.17. The minimum absolute atomic E-state index is 0.00787. The predicted octanol–water partition coefficient (Wildman–Crippen LogP) is 0.789. The number of hydrogen-bond donors (Lipinski definition) is 2. The van der Waals surface area contributed by atoms with Gasteiger partial charge in [-0.1, -0.05) is 0 Å². The van der Waals surface area contributed by atoms with Gasteiger partial charge in [0, 0.05) is 6.54 Å². The maximum Gasteiger partial charge on any atom is 0.320 e. The Bertz CT molecular complexity index is 395. The molecular formula is C11H17N3O3. The van der Waals surface area contributed by atoms with Crippen LogP contribution in [-0.2, 0) is 11.3 Å². The maximum absolute atomic E-state index is 10.9. The highest BCUT2D eigenvalue weighted by molar-refractivity contribution is 5.74. The van der Waals surface area contributed by atoms with Gasteiger partial charge in [-0.05, 0) is 19.8 Å². The summed E-state index contributed by atoms with van der Waals surface area (Å²) in [6.45, 7) is 2.74. The summed E-state index contributed by atoms with van der Waals surface area (Å²) in [4.78, 5) is 10.9. The van der Waals surface area contributed by atoms with Gasteiger partial charge >= 0.3 is 5.97 Å². The molecule has 1 aromatic rings. The summed E-state index contributed by atoms with van der Waals surface area (Å²) in [5.74, 6) is -0.0792. The number of aliphatic carboxylic acids is 1. The minimum atomic E-state index is -0.797. The molecule has 0 bridgehead atoms. The number of rotatable bonds is 4. The third-order valence-corrected chi connectivity index (χ3v) is 3.14. The Balaban J connectivity index is 2.22. The van der Waals surface area contributed by atoms with Gasteiger partial charge in [0.05, 0.1) is 25.0 Å². The van der Waals surface area contributed by atoms with E-state index in [2.05, 4.69) is 10.4 Å². The molecule has 1 aliphatic rings. The number of ether oxygens (including phenoxy) is 1. The molecule has 2 unspecified atom stereocenters. The number of methoxy groups -OCH3 is 1. The van der Waals surface area contributed by atoms with Crippen LogP contribution in [0.15, 0.2) is 6.20 Å². The van der Waals surface area contributed by atoms with Gasteiger partial charge in [-0.25, -0.2) is 0 Å². The largest absolute Gasteiger partial charge is 0.493 e. The molecule has 1 saturated heterocycles. The van der Waals surface area contributed by atoms with E-state index in [9.17, 15) is 4.79 Å². The van der Waals surface area contributed by atoms with E-state index in [1.807, 2.05) is 11.6 Å². The molecule has 0 aliphatic carbocycles. The molecule has 1 fully saturated rings. The molecule has 17 heavy (non-hydrogen) atoms. The smallest absolute Gasteiger partial charge is 0.320 e. The number of aryl methyl sites for hydroxylation is 1. The van der Waals surface area contributed by atoms with E-state index in [0.717, 1.165) is 24.4 Å². The molecule has 1 aromatic heterocycles. The molecule has 0 radical (unpaired) electrons. The number of carboxylic acid groups (broad SMARTS) is 1. The van der Waals surface area contributed by atoms with Crippen LogP contribution in [0.3, 0.4) is 0 Å². The lowest BCUT2D eigenvalue weighted by Crippen LogP contribution is -2.32. The van der Waals surface area contributed by atoms with Crippen molar-refractivity contribution in [3.05, 3.63) is 11.9 Å². The second-order valence-corrected chi connectivity index (χ2v) is 4.10. The van der Waals surface area contributed by atoms with Crippen LogP contribution in [0, 0.1) is 0 Å². The van der Waals surface area contributed by atoms with Gasteiger partial charge in [-0.15, -0.1) is 0 Å². The number of hydrogen-bond acceptors (Lipinski definition) is 4. The van der Waals surface area contributed by atoms with Crippen molar-refractivity contribution in [3.63, 3.8) is 0 Å². The fourth-order valence-corrected chi connectivity index (χ4v) is 2.29. The first-order valence-electron chi connectivity index (χ1n) is 5.76. The van der Waals surface area contributed by atoms with Crippen LogP contribution in [0.25, 0.3) is 0 Å². The molecule has 0 saturated carbocycles. The fourth-order valence-electron chi connectivity index (χ4n) is 2.29. The first kappa shape index (κ1) is 11.9. The van der Waals surface area contributed by atoms with Gasteiger partial charge < -0.3 is 9.84 Å². The molecule has 6 heteroatoms. The Morgan fingerprint density at radius 1 is 1.71 bits per heavy atom. The van der Waals surface area contributed by atoms with Crippen LogP contribution < -0.4 is 10.1 Å². The third kappa shape index (κ3) is 2.12. The summed E-state index contributed by atoms with van der Waals surface area (Å²) in [5.41, 5.74) is 0.943. The molecule has 6 nitrogen and oxygen atoms in total. The molecule has 2 heterocycles. The Morgan fingerprint density at radius 2 is 2.47 bits per heavy atom. The van der Waals surface area contributed by atoms with Crippen LogP contribution in [0.1, 0.15) is 31.5 Å². The van der Waals surface area contributed by atoms with Gasteiger partial charge in [0.15, 0.2) is 5.75 Å². The molecule has 0 amide bonds. The van der Waals surface area contributed by atoms with Gasteiger partial charge in [0.1, 0.15) is 6.04 Å². The maximum atomic E-state index is 10.9. The molecule has 0 aromatic carbocycles. The minimum Gasteiger partial charge on any atom is -0.493 e. The summed E-state index contributed by atoms with van der Waals surface area (Å²) >= 11 is 0. The van der Waals surface area contributed by atoms with E-state index < -0.39 is 12.0 Å². The zero-order chi connectivity index (χ0) is 12.4. The lowest BCUT2D eigenvalue weighted by molar-refractivity contribution is -0.139. The Hall–Kier alpha value is -1.56. The number of carbonyl (C=O) groups is 1. The van der Waals surface area contributed by atoms with Crippen molar-refractivity contribution in [1.29, 1.82) is 0 Å². The van der Waals surface area contributed by atoms with Crippen LogP contribution in [0.4, 0.5) is 0 Å². The monoisotopic (exact) mass is 239 g/mol. The van der Waals surface area contributed by atoms with Crippen molar-refractivity contribution in [2.24, 2.45) is 0 Å². The van der Waals surface area contributed by atoms with Crippen LogP contribution >= 0.6 is 0 Å². The lowest BCUT2D eigenvalue weighted by Gasteiger charge is -2.15. The number of nitrogens with one attached hydrogen (secondary N) is 1. The summed E-state index contributed by atoms with van der Waals surface area (Å²) in [7, 11) is 1.60. The predicted molar refractivity (Wildman–Crippen MR) is 61.0 cm³/mol. The molecule has 94 valence electrons. The molecule has 1 aliphatic heterocycles. The van der Waals surface area contributed by atoms with Crippen LogP contribution in [0.5, 0.6) is 5.75 Å². The quantitative estimate of drug-likeness (QED) is 0.812. The van der Waals surface area contributed by atoms with Crippen LogP contribution in [-0.4, -0.2) is 34.0 Å². The molecule has 2 atom stereocenters. The summed E-state index contributed by atoms with van der Waals surface area (Å²) in [6.07, 6.45) is 3.10. The van der Waals surface area contributed by atoms with Gasteiger partial charge in [-0.2, -0.15) is 5.10 Å². The van der Waals surface area contributed by atoms with Crippen molar-refractivity contribution >= 4 is 5.97 Å². The molecule has 0 spiro atoms. The third-order valence-electron chi connectivity index (χ3n) is 3.14. The average Bonchev–Trinajstić information content (AvgIpc) is 2.94. The average molecular weight is 239 g/mol. The van der Waals surface area contributed by atoms with Crippen molar-refractivity contribution in [2.45, 2.75) is 38.4 Å². The summed E-state index contributed by atoms with van der Waals surface area (Å²) in [6, 6.07) is -0.460. The SMILES string of the molecule is CCn1ncc(OC)c1C1CCC(C(=O)O)N1. The Labute approximate surface area is 99.6 Å². The van der Waals surface area contributed by atoms with Crippen molar-refractivity contribution in [2.75, 3.05) is 7.11 Å². The van der Waals surface area contributed by atoms with Crippen molar-refractivity contribution < 1.29 is 14.6 Å². The first-order valence-corrected chi connectivity index (χ1v) is 5.76. The van der Waals surface area contributed by atoms with E-state index >= 15 is 0 Å². The molecule has 2 N–H and O–H groups in total. The molecular weight excluding hydrogens is 222 g/mol. The Morgan fingerprint density at radius 3 is 3.00 bits per heavy atom. The zero-order valence-electron chi connectivity index (χ0n) is 10.0. The highest BCUT2D eigenvalue weighted by Crippen LogP contribution is 2.32. The molecule has 2 rings (SSSR count). The highest BCUT2D eigenvalue weighted by atomic mass is 16.5. The van der Waals surface area contributed by atoms with E-state index in [0.29, 0.717) is 6.42 Å². The Kier molecular flexibility index (Phi) is 3.33. The summed E-state index contributed by atoms with van der Waals surface area (Å²) < 4.78 is 7.11. The van der Waals surface area contributed by atoms with Crippen molar-refractivity contribution in [1.82, 2.24) is 15.1 Å². The zero-order valence-corrected chi connectivity index (χ0v) is 10.0. The van der Waals surface area contributed by atoms with Gasteiger partial charge in [-0.3, -0.25) is 14.8 Å². The number of carboxylic acids is 1. The fraction of sp³-hybridized carbons (Fsp3) is 0.636. The second-order valence-electron chi connectivity index (χ2n) is 4.10. The van der Waals surface area contributed by atoms with E-state index in [1.54, 1.807) is 13.3 Å². The van der Waals surface area contributed by atoms with E-state index in [-0.39, 0.29) is 6.04 Å². The van der Waals surface area contributed by atoms with E-state index in [1.165, 1.54) is 0 Å². The van der Waals surface area contributed by atoms with Crippen molar-refractivity contribution in [3.8, 4) is 5.75 Å². The number of aromatic nitrogens is 2. The number of nitrogens with zero attached hydrogens (tertiary/aromatic N) is 2. The van der Waals surface area contributed by atoms with E-state index in [4.69, 9.17) is 9.84 Å².